The van der Waals surface area contributed by atoms with Crippen molar-refractivity contribution in [3.8, 4) is 17.1 Å². The van der Waals surface area contributed by atoms with Gasteiger partial charge < -0.3 is 10.1 Å². The molecule has 0 bridgehead atoms. The van der Waals surface area contributed by atoms with Gasteiger partial charge in [-0.2, -0.15) is 0 Å². The number of rotatable bonds is 7. The maximum atomic E-state index is 12.6. The van der Waals surface area contributed by atoms with Gasteiger partial charge >= 0.3 is 5.97 Å². The average Bonchev–Trinajstić information content (AvgIpc) is 3.29. The number of benzene rings is 3. The summed E-state index contributed by atoms with van der Waals surface area (Å²) < 4.78 is 6.80. The summed E-state index contributed by atoms with van der Waals surface area (Å²) in [5.74, 6) is -0.769. The number of aryl methyl sites for hydroxylation is 1. The van der Waals surface area contributed by atoms with Crippen molar-refractivity contribution in [2.24, 2.45) is 0 Å². The highest BCUT2D eigenvalue weighted by Crippen LogP contribution is 2.21. The fourth-order valence-corrected chi connectivity index (χ4v) is 3.55. The van der Waals surface area contributed by atoms with Crippen LogP contribution in [0.15, 0.2) is 84.9 Å². The van der Waals surface area contributed by atoms with E-state index in [0.717, 1.165) is 22.4 Å². The number of hydrogen-bond acceptors (Lipinski definition) is 5. The van der Waals surface area contributed by atoms with Crippen molar-refractivity contribution in [2.75, 3.05) is 6.61 Å². The number of carbonyl (C=O) groups excluding carboxylic acids is 2. The lowest BCUT2D eigenvalue weighted by atomic mass is 10.0. The molecule has 1 unspecified atom stereocenters. The number of nitrogens with zero attached hydrogens (tertiary/aromatic N) is 3. The summed E-state index contributed by atoms with van der Waals surface area (Å²) in [5, 5.41) is 7.20. The molecule has 0 aliphatic carbocycles. The zero-order valence-electron chi connectivity index (χ0n) is 18.4. The van der Waals surface area contributed by atoms with E-state index in [0.29, 0.717) is 5.82 Å². The smallest absolute Gasteiger partial charge is 0.378 e. The van der Waals surface area contributed by atoms with E-state index in [1.165, 1.54) is 0 Å². The molecular formula is C26H24N4O3. The molecule has 33 heavy (non-hydrogen) atoms. The first-order valence-corrected chi connectivity index (χ1v) is 10.6. The third-order valence-electron chi connectivity index (χ3n) is 5.19. The fraction of sp³-hybridized carbons (Fsp3) is 0.154. The third kappa shape index (κ3) is 5.15. The van der Waals surface area contributed by atoms with E-state index in [9.17, 15) is 9.59 Å². The van der Waals surface area contributed by atoms with Crippen molar-refractivity contribution in [1.29, 1.82) is 0 Å². The van der Waals surface area contributed by atoms with Crippen LogP contribution in [0.1, 0.15) is 34.7 Å². The van der Waals surface area contributed by atoms with Crippen LogP contribution in [0.2, 0.25) is 0 Å². The molecule has 0 aliphatic heterocycles. The standard InChI is InChI=1S/C26H24N4O3/c1-18-11-9-10-16-22(18)19(2)27-23(31)17-33-26(32)24-28-25(20-12-5-3-6-13-20)30(29-24)21-14-7-4-8-15-21/h3-16,19H,17H2,1-2H3,(H,27,31). The molecule has 7 heteroatoms. The van der Waals surface area contributed by atoms with E-state index in [-0.39, 0.29) is 11.9 Å². The molecule has 4 aromatic rings. The van der Waals surface area contributed by atoms with Gasteiger partial charge in [0.15, 0.2) is 12.4 Å². The molecule has 3 aromatic carbocycles. The molecule has 0 fully saturated rings. The lowest BCUT2D eigenvalue weighted by molar-refractivity contribution is -0.124. The van der Waals surface area contributed by atoms with Crippen LogP contribution in [0.5, 0.6) is 0 Å². The molecule has 166 valence electrons. The second-order valence-electron chi connectivity index (χ2n) is 7.59. The Balaban J connectivity index is 1.48. The van der Waals surface area contributed by atoms with E-state index in [1.54, 1.807) is 4.68 Å². The van der Waals surface area contributed by atoms with Gasteiger partial charge in [-0.15, -0.1) is 5.10 Å². The summed E-state index contributed by atoms with van der Waals surface area (Å²) in [6.45, 7) is 3.45. The minimum Gasteiger partial charge on any atom is -0.450 e. The van der Waals surface area contributed by atoms with Crippen LogP contribution in [-0.4, -0.2) is 33.2 Å². The minimum absolute atomic E-state index is 0.113. The topological polar surface area (TPSA) is 86.1 Å². The number of ether oxygens (including phenoxy) is 1. The molecule has 0 saturated heterocycles. The molecule has 0 aliphatic rings. The first-order chi connectivity index (χ1) is 16.0. The van der Waals surface area contributed by atoms with Gasteiger partial charge in [-0.05, 0) is 37.1 Å². The van der Waals surface area contributed by atoms with Gasteiger partial charge in [-0.3, -0.25) is 4.79 Å². The summed E-state index contributed by atoms with van der Waals surface area (Å²) in [5.41, 5.74) is 3.64. The van der Waals surface area contributed by atoms with E-state index in [2.05, 4.69) is 15.4 Å². The zero-order valence-corrected chi connectivity index (χ0v) is 18.4. The van der Waals surface area contributed by atoms with Crippen molar-refractivity contribution in [1.82, 2.24) is 20.1 Å². The lowest BCUT2D eigenvalue weighted by Gasteiger charge is -2.16. The summed E-state index contributed by atoms with van der Waals surface area (Å²) >= 11 is 0. The van der Waals surface area contributed by atoms with Crippen molar-refractivity contribution >= 4 is 11.9 Å². The molecule has 7 nitrogen and oxygen atoms in total. The normalized spacial score (nSPS) is 11.6. The maximum Gasteiger partial charge on any atom is 0.378 e. The highest BCUT2D eigenvalue weighted by Gasteiger charge is 2.21. The zero-order chi connectivity index (χ0) is 23.2. The molecule has 1 atom stereocenters. The van der Waals surface area contributed by atoms with Gasteiger partial charge in [-0.1, -0.05) is 72.8 Å². The van der Waals surface area contributed by atoms with E-state index < -0.39 is 18.5 Å². The maximum absolute atomic E-state index is 12.6. The van der Waals surface area contributed by atoms with Gasteiger partial charge in [0.25, 0.3) is 11.7 Å². The molecule has 1 aromatic heterocycles. The Morgan fingerprint density at radius 1 is 0.939 bits per heavy atom. The molecule has 0 spiro atoms. The molecule has 0 saturated carbocycles. The monoisotopic (exact) mass is 440 g/mol. The van der Waals surface area contributed by atoms with Crippen LogP contribution in [0, 0.1) is 6.92 Å². The van der Waals surface area contributed by atoms with Crippen molar-refractivity contribution in [2.45, 2.75) is 19.9 Å². The van der Waals surface area contributed by atoms with Crippen LogP contribution >= 0.6 is 0 Å². The van der Waals surface area contributed by atoms with Crippen LogP contribution in [0.25, 0.3) is 17.1 Å². The third-order valence-corrected chi connectivity index (χ3v) is 5.19. The Labute approximate surface area is 192 Å². The Bertz CT molecular complexity index is 1200. The Hall–Kier alpha value is -4.26. The quantitative estimate of drug-likeness (QED) is 0.434. The summed E-state index contributed by atoms with van der Waals surface area (Å²) in [6.07, 6.45) is 0. The highest BCUT2D eigenvalue weighted by molar-refractivity contribution is 5.88. The number of hydrogen-bond donors (Lipinski definition) is 1. The number of aromatic nitrogens is 3. The number of nitrogens with one attached hydrogen (secondary N) is 1. The second kappa shape index (κ2) is 9.91. The summed E-state index contributed by atoms with van der Waals surface area (Å²) in [7, 11) is 0. The Kier molecular flexibility index (Phi) is 6.59. The molecule has 0 radical (unpaired) electrons. The molecular weight excluding hydrogens is 416 g/mol. The minimum atomic E-state index is -0.763. The van der Waals surface area contributed by atoms with E-state index in [4.69, 9.17) is 4.74 Å². The largest absolute Gasteiger partial charge is 0.450 e. The fourth-order valence-electron chi connectivity index (χ4n) is 3.55. The Morgan fingerprint density at radius 3 is 2.27 bits per heavy atom. The predicted octanol–water partition coefficient (Wildman–Crippen LogP) is 4.28. The number of esters is 1. The number of carbonyl (C=O) groups is 2. The average molecular weight is 441 g/mol. The lowest BCUT2D eigenvalue weighted by Crippen LogP contribution is -2.31. The van der Waals surface area contributed by atoms with E-state index >= 15 is 0 Å². The first-order valence-electron chi connectivity index (χ1n) is 10.6. The van der Waals surface area contributed by atoms with Gasteiger partial charge in [0.2, 0.25) is 0 Å². The molecule has 4 rings (SSSR count). The van der Waals surface area contributed by atoms with Gasteiger partial charge in [0.1, 0.15) is 0 Å². The highest BCUT2D eigenvalue weighted by atomic mass is 16.5. The Morgan fingerprint density at radius 2 is 1.58 bits per heavy atom. The van der Waals surface area contributed by atoms with Crippen LogP contribution in [-0.2, 0) is 9.53 Å². The van der Waals surface area contributed by atoms with Crippen molar-refractivity contribution in [3.05, 3.63) is 102 Å². The second-order valence-corrected chi connectivity index (χ2v) is 7.59. The molecule has 1 amide bonds. The van der Waals surface area contributed by atoms with Gasteiger partial charge in [0, 0.05) is 5.56 Å². The van der Waals surface area contributed by atoms with Crippen LogP contribution in [0.4, 0.5) is 0 Å². The number of amides is 1. The van der Waals surface area contributed by atoms with Crippen molar-refractivity contribution < 1.29 is 14.3 Å². The van der Waals surface area contributed by atoms with Gasteiger partial charge in [0.05, 0.1) is 11.7 Å². The van der Waals surface area contributed by atoms with E-state index in [1.807, 2.05) is 98.8 Å². The SMILES string of the molecule is Cc1ccccc1C(C)NC(=O)COC(=O)c1nc(-c2ccccc2)n(-c2ccccc2)n1. The predicted molar refractivity (Wildman–Crippen MR) is 125 cm³/mol. The molecule has 1 heterocycles. The number of para-hydroxylation sites is 1. The summed E-state index contributed by atoms with van der Waals surface area (Å²) in [4.78, 5) is 29.4. The first kappa shape index (κ1) is 22.0. The molecule has 1 N–H and O–H groups in total. The van der Waals surface area contributed by atoms with Crippen molar-refractivity contribution in [3.63, 3.8) is 0 Å². The van der Waals surface area contributed by atoms with Crippen LogP contribution < -0.4 is 5.32 Å². The van der Waals surface area contributed by atoms with Gasteiger partial charge in [-0.25, -0.2) is 14.5 Å². The summed E-state index contributed by atoms with van der Waals surface area (Å²) in [6, 6.07) is 26.4. The van der Waals surface area contributed by atoms with Crippen LogP contribution in [0.3, 0.4) is 0 Å².